The molecule has 1 aromatic carbocycles. The fraction of sp³-hybridized carbons (Fsp3) is 0.500. The Hall–Kier alpha value is -1.37. The van der Waals surface area contributed by atoms with E-state index in [4.69, 9.17) is 10.00 Å². The van der Waals surface area contributed by atoms with E-state index in [0.29, 0.717) is 5.56 Å². The molecule has 1 aliphatic rings. The van der Waals surface area contributed by atoms with Crippen molar-refractivity contribution in [3.8, 4) is 6.07 Å². The number of ether oxygens (including phenoxy) is 1. The summed E-state index contributed by atoms with van der Waals surface area (Å²) < 4.78 is 5.93. The van der Waals surface area contributed by atoms with E-state index in [1.165, 1.54) is 0 Å². The Morgan fingerprint density at radius 2 is 2.29 bits per heavy atom. The Morgan fingerprint density at radius 1 is 1.47 bits per heavy atom. The number of nitrogens with zero attached hydrogens (tertiary/aromatic N) is 1. The predicted molar refractivity (Wildman–Crippen MR) is 66.5 cm³/mol. The highest BCUT2D eigenvalue weighted by Gasteiger charge is 2.25. The van der Waals surface area contributed by atoms with Crippen molar-refractivity contribution in [2.75, 3.05) is 19.7 Å². The molecule has 0 amide bonds. The standard InChI is InChI=1S/C14H18N2O/c1-14(2)9-16-8-13(17-10-14)12-5-3-4-11(6-12)7-15/h3-6,13,16H,8-10H2,1-2H3. The summed E-state index contributed by atoms with van der Waals surface area (Å²) in [7, 11) is 0. The molecule has 0 spiro atoms. The van der Waals surface area contributed by atoms with Crippen molar-refractivity contribution in [1.82, 2.24) is 5.32 Å². The zero-order valence-corrected chi connectivity index (χ0v) is 10.4. The summed E-state index contributed by atoms with van der Waals surface area (Å²) in [5.41, 5.74) is 1.94. The Bertz CT molecular complexity index is 434. The highest BCUT2D eigenvalue weighted by Crippen LogP contribution is 2.25. The van der Waals surface area contributed by atoms with Crippen LogP contribution in [0.1, 0.15) is 31.1 Å². The zero-order valence-electron chi connectivity index (χ0n) is 10.4. The van der Waals surface area contributed by atoms with E-state index < -0.39 is 0 Å². The van der Waals surface area contributed by atoms with Gasteiger partial charge in [0.15, 0.2) is 0 Å². The van der Waals surface area contributed by atoms with Gasteiger partial charge in [-0.3, -0.25) is 0 Å². The number of nitriles is 1. The van der Waals surface area contributed by atoms with Gasteiger partial charge in [-0.15, -0.1) is 0 Å². The lowest BCUT2D eigenvalue weighted by molar-refractivity contribution is 0.0260. The van der Waals surface area contributed by atoms with Gasteiger partial charge in [-0.25, -0.2) is 0 Å². The summed E-state index contributed by atoms with van der Waals surface area (Å²) in [5, 5.41) is 12.3. The molecule has 1 aliphatic heterocycles. The molecular formula is C14H18N2O. The SMILES string of the molecule is CC1(C)CNCC(c2cccc(C#N)c2)OC1. The molecule has 3 nitrogen and oxygen atoms in total. The molecule has 0 aliphatic carbocycles. The molecule has 1 unspecified atom stereocenters. The summed E-state index contributed by atoms with van der Waals surface area (Å²) in [4.78, 5) is 0. The third-order valence-corrected chi connectivity index (χ3v) is 3.00. The molecule has 1 fully saturated rings. The molecule has 1 aromatic rings. The van der Waals surface area contributed by atoms with Crippen LogP contribution in [-0.2, 0) is 4.74 Å². The van der Waals surface area contributed by atoms with Crippen molar-refractivity contribution in [3.63, 3.8) is 0 Å². The Kier molecular flexibility index (Phi) is 3.46. The number of benzene rings is 1. The molecule has 90 valence electrons. The van der Waals surface area contributed by atoms with Crippen molar-refractivity contribution in [2.24, 2.45) is 5.41 Å². The van der Waals surface area contributed by atoms with E-state index in [9.17, 15) is 0 Å². The molecule has 1 atom stereocenters. The van der Waals surface area contributed by atoms with Gasteiger partial charge >= 0.3 is 0 Å². The van der Waals surface area contributed by atoms with Crippen LogP contribution in [0.5, 0.6) is 0 Å². The Balaban J connectivity index is 2.14. The van der Waals surface area contributed by atoms with Crippen LogP contribution in [0.4, 0.5) is 0 Å². The molecule has 1 saturated heterocycles. The predicted octanol–water partition coefficient (Wildman–Crippen LogP) is 2.25. The maximum Gasteiger partial charge on any atom is 0.0991 e. The number of hydrogen-bond acceptors (Lipinski definition) is 3. The summed E-state index contributed by atoms with van der Waals surface area (Å²) in [6.07, 6.45) is 0.0464. The Labute approximate surface area is 102 Å². The van der Waals surface area contributed by atoms with Crippen LogP contribution >= 0.6 is 0 Å². The zero-order chi connectivity index (χ0) is 12.3. The highest BCUT2D eigenvalue weighted by atomic mass is 16.5. The van der Waals surface area contributed by atoms with E-state index in [2.05, 4.69) is 25.2 Å². The molecule has 0 aromatic heterocycles. The molecule has 0 radical (unpaired) electrons. The first-order chi connectivity index (χ1) is 8.11. The van der Waals surface area contributed by atoms with Crippen LogP contribution < -0.4 is 5.32 Å². The number of hydrogen-bond donors (Lipinski definition) is 1. The van der Waals surface area contributed by atoms with Crippen LogP contribution in [0.15, 0.2) is 24.3 Å². The van der Waals surface area contributed by atoms with Gasteiger partial charge in [0.05, 0.1) is 24.3 Å². The van der Waals surface area contributed by atoms with Gasteiger partial charge in [0.2, 0.25) is 0 Å². The van der Waals surface area contributed by atoms with E-state index in [1.54, 1.807) is 0 Å². The molecular weight excluding hydrogens is 212 g/mol. The first-order valence-corrected chi connectivity index (χ1v) is 5.93. The average molecular weight is 230 g/mol. The van der Waals surface area contributed by atoms with Crippen molar-refractivity contribution in [2.45, 2.75) is 20.0 Å². The smallest absolute Gasteiger partial charge is 0.0991 e. The van der Waals surface area contributed by atoms with E-state index in [-0.39, 0.29) is 11.5 Å². The summed E-state index contributed by atoms with van der Waals surface area (Å²) >= 11 is 0. The van der Waals surface area contributed by atoms with Gasteiger partial charge in [0, 0.05) is 18.5 Å². The number of rotatable bonds is 1. The normalized spacial score (nSPS) is 23.7. The maximum absolute atomic E-state index is 8.89. The van der Waals surface area contributed by atoms with Gasteiger partial charge in [-0.1, -0.05) is 26.0 Å². The van der Waals surface area contributed by atoms with Crippen LogP contribution in [0, 0.1) is 16.7 Å². The first kappa shape index (κ1) is 12.1. The first-order valence-electron chi connectivity index (χ1n) is 5.93. The molecule has 17 heavy (non-hydrogen) atoms. The third kappa shape index (κ3) is 3.06. The molecule has 0 bridgehead atoms. The minimum absolute atomic E-state index is 0.0464. The van der Waals surface area contributed by atoms with E-state index >= 15 is 0 Å². The van der Waals surface area contributed by atoms with Gasteiger partial charge < -0.3 is 10.1 Å². The van der Waals surface area contributed by atoms with Crippen LogP contribution in [0.25, 0.3) is 0 Å². The molecule has 1 heterocycles. The summed E-state index contributed by atoms with van der Waals surface area (Å²) in [5.74, 6) is 0. The van der Waals surface area contributed by atoms with Crippen LogP contribution in [0.2, 0.25) is 0 Å². The fourth-order valence-electron chi connectivity index (χ4n) is 2.00. The van der Waals surface area contributed by atoms with E-state index in [1.807, 2.05) is 24.3 Å². The number of nitrogens with one attached hydrogen (secondary N) is 1. The fourth-order valence-corrected chi connectivity index (χ4v) is 2.00. The van der Waals surface area contributed by atoms with Gasteiger partial charge in [-0.2, -0.15) is 5.26 Å². The monoisotopic (exact) mass is 230 g/mol. The Morgan fingerprint density at radius 3 is 3.06 bits per heavy atom. The average Bonchev–Trinajstić information content (AvgIpc) is 2.50. The third-order valence-electron chi connectivity index (χ3n) is 3.00. The highest BCUT2D eigenvalue weighted by molar-refractivity contribution is 5.34. The van der Waals surface area contributed by atoms with Crippen molar-refractivity contribution in [1.29, 1.82) is 5.26 Å². The second-order valence-corrected chi connectivity index (χ2v) is 5.33. The van der Waals surface area contributed by atoms with Gasteiger partial charge in [-0.05, 0) is 17.7 Å². The van der Waals surface area contributed by atoms with Crippen molar-refractivity contribution < 1.29 is 4.74 Å². The maximum atomic E-state index is 8.89. The largest absolute Gasteiger partial charge is 0.372 e. The topological polar surface area (TPSA) is 45.0 Å². The van der Waals surface area contributed by atoms with Crippen molar-refractivity contribution >= 4 is 0 Å². The van der Waals surface area contributed by atoms with Crippen LogP contribution in [-0.4, -0.2) is 19.7 Å². The van der Waals surface area contributed by atoms with Crippen LogP contribution in [0.3, 0.4) is 0 Å². The lowest BCUT2D eigenvalue weighted by Crippen LogP contribution is -2.29. The van der Waals surface area contributed by atoms with E-state index in [0.717, 1.165) is 25.3 Å². The second kappa shape index (κ2) is 4.87. The lowest BCUT2D eigenvalue weighted by atomic mass is 9.95. The molecule has 0 saturated carbocycles. The van der Waals surface area contributed by atoms with Gasteiger partial charge in [0.1, 0.15) is 0 Å². The van der Waals surface area contributed by atoms with Gasteiger partial charge in [0.25, 0.3) is 0 Å². The molecule has 2 rings (SSSR count). The minimum atomic E-state index is 0.0464. The summed E-state index contributed by atoms with van der Waals surface area (Å²) in [6, 6.07) is 9.82. The second-order valence-electron chi connectivity index (χ2n) is 5.33. The minimum Gasteiger partial charge on any atom is -0.372 e. The summed E-state index contributed by atoms with van der Waals surface area (Å²) in [6.45, 7) is 6.88. The quantitative estimate of drug-likeness (QED) is 0.804. The lowest BCUT2D eigenvalue weighted by Gasteiger charge is -2.21. The molecule has 3 heteroatoms. The van der Waals surface area contributed by atoms with Crippen molar-refractivity contribution in [3.05, 3.63) is 35.4 Å². The molecule has 1 N–H and O–H groups in total.